The van der Waals surface area contributed by atoms with Crippen LogP contribution in [0.5, 0.6) is 0 Å². The van der Waals surface area contributed by atoms with Crippen LogP contribution in [0, 0.1) is 13.8 Å². The van der Waals surface area contributed by atoms with E-state index in [1.165, 1.54) is 16.2 Å². The van der Waals surface area contributed by atoms with Gasteiger partial charge in [0.25, 0.3) is 5.91 Å². The van der Waals surface area contributed by atoms with Crippen LogP contribution >= 0.6 is 0 Å². The molecule has 3 aromatic rings. The molecule has 3 aromatic carbocycles. The van der Waals surface area contributed by atoms with Gasteiger partial charge >= 0.3 is 0 Å². The number of carbonyl (C=O) groups excluding carboxylic acids is 1. The fourth-order valence-electron chi connectivity index (χ4n) is 4.68. The summed E-state index contributed by atoms with van der Waals surface area (Å²) in [6.07, 6.45) is 0. The van der Waals surface area contributed by atoms with E-state index in [2.05, 4.69) is 48.2 Å². The molecule has 0 aromatic heterocycles. The molecule has 1 N–H and O–H groups in total. The second-order valence-corrected chi connectivity index (χ2v) is 8.73. The zero-order valence-electron chi connectivity index (χ0n) is 18.7. The molecule has 2 heterocycles. The number of quaternary nitrogens is 1. The normalized spacial score (nSPS) is 17.8. The van der Waals surface area contributed by atoms with E-state index < -0.39 is 0 Å². The number of fused-ring (bicyclic) bond motifs is 1. The molecule has 32 heavy (non-hydrogen) atoms. The van der Waals surface area contributed by atoms with Gasteiger partial charge in [-0.3, -0.25) is 9.69 Å². The third-order valence-corrected chi connectivity index (χ3v) is 6.46. The third-order valence-electron chi connectivity index (χ3n) is 6.46. The first-order chi connectivity index (χ1) is 15.6. The van der Waals surface area contributed by atoms with Crippen LogP contribution in [0.4, 0.5) is 17.1 Å². The Morgan fingerprint density at radius 2 is 1.62 bits per heavy atom. The van der Waals surface area contributed by atoms with Crippen molar-refractivity contribution in [3.05, 3.63) is 89.5 Å². The molecular formula is C27H29N4O+. The highest BCUT2D eigenvalue weighted by molar-refractivity contribution is 6.54. The minimum atomic E-state index is 0.00386. The van der Waals surface area contributed by atoms with Crippen LogP contribution in [0.15, 0.2) is 77.8 Å². The van der Waals surface area contributed by atoms with E-state index in [1.54, 1.807) is 0 Å². The number of aryl methyl sites for hydroxylation is 2. The highest BCUT2D eigenvalue weighted by atomic mass is 16.2. The van der Waals surface area contributed by atoms with Gasteiger partial charge in [-0.05, 0) is 43.7 Å². The summed E-state index contributed by atoms with van der Waals surface area (Å²) in [4.78, 5) is 24.1. The Bertz CT molecular complexity index is 1160. The van der Waals surface area contributed by atoms with E-state index in [0.29, 0.717) is 12.4 Å². The number of benzene rings is 3. The summed E-state index contributed by atoms with van der Waals surface area (Å²) in [6.45, 7) is 8.78. The summed E-state index contributed by atoms with van der Waals surface area (Å²) in [5.74, 6) is 0.00386. The molecule has 0 unspecified atom stereocenters. The van der Waals surface area contributed by atoms with E-state index in [4.69, 9.17) is 4.99 Å². The predicted octanol–water partition coefficient (Wildman–Crippen LogP) is 3.13. The first kappa shape index (κ1) is 20.5. The fraction of sp³-hybridized carbons (Fsp3) is 0.259. The second-order valence-electron chi connectivity index (χ2n) is 8.73. The number of piperazine rings is 1. The number of carbonyl (C=O) groups is 1. The molecule has 5 nitrogen and oxygen atoms in total. The monoisotopic (exact) mass is 425 g/mol. The van der Waals surface area contributed by atoms with Crippen molar-refractivity contribution in [1.29, 1.82) is 0 Å². The van der Waals surface area contributed by atoms with Crippen molar-refractivity contribution >= 4 is 28.7 Å². The lowest BCUT2D eigenvalue weighted by molar-refractivity contribution is -0.899. The summed E-state index contributed by atoms with van der Waals surface area (Å²) in [7, 11) is 0. The van der Waals surface area contributed by atoms with Crippen LogP contribution in [0.2, 0.25) is 0 Å². The lowest BCUT2D eigenvalue weighted by atomic mass is 10.1. The highest BCUT2D eigenvalue weighted by Crippen LogP contribution is 2.31. The van der Waals surface area contributed by atoms with Gasteiger partial charge in [-0.15, -0.1) is 0 Å². The Hall–Kier alpha value is -3.44. The van der Waals surface area contributed by atoms with Gasteiger partial charge in [-0.25, -0.2) is 4.99 Å². The van der Waals surface area contributed by atoms with E-state index in [9.17, 15) is 4.79 Å². The van der Waals surface area contributed by atoms with Crippen LogP contribution in [0.1, 0.15) is 16.7 Å². The molecule has 1 fully saturated rings. The first-order valence-corrected chi connectivity index (χ1v) is 11.3. The first-order valence-electron chi connectivity index (χ1n) is 11.3. The maximum atomic E-state index is 13.5. The zero-order chi connectivity index (χ0) is 22.1. The van der Waals surface area contributed by atoms with Crippen LogP contribution in [0.25, 0.3) is 0 Å². The average Bonchev–Trinajstić information content (AvgIpc) is 3.08. The number of anilines is 2. The maximum Gasteiger partial charge on any atom is 0.281 e. The van der Waals surface area contributed by atoms with Crippen molar-refractivity contribution in [1.82, 2.24) is 0 Å². The number of nitrogens with one attached hydrogen (secondary N) is 1. The predicted molar refractivity (Wildman–Crippen MR) is 130 cm³/mol. The molecule has 0 radical (unpaired) electrons. The summed E-state index contributed by atoms with van der Waals surface area (Å²) < 4.78 is 0. The minimum Gasteiger partial charge on any atom is -0.360 e. The Kier molecular flexibility index (Phi) is 5.50. The molecule has 2 aliphatic rings. The van der Waals surface area contributed by atoms with Crippen LogP contribution in [-0.2, 0) is 4.79 Å². The Labute approximate surface area is 189 Å². The van der Waals surface area contributed by atoms with Crippen molar-refractivity contribution in [2.24, 2.45) is 4.99 Å². The molecule has 2 aliphatic heterocycles. The second kappa shape index (κ2) is 8.60. The lowest BCUT2D eigenvalue weighted by Gasteiger charge is -2.35. The number of amides is 1. The van der Waals surface area contributed by atoms with Crippen molar-refractivity contribution in [3.63, 3.8) is 0 Å². The molecule has 1 amide bonds. The maximum absolute atomic E-state index is 13.5. The fourth-order valence-corrected chi connectivity index (χ4v) is 4.68. The standard InChI is InChI=1S/C27H28N4O/c1-20-12-13-24(21(2)18-20)28-26-23-10-6-7-11-25(23)31(27(26)32)19-29-14-16-30(17-15-29)22-8-4-3-5-9-22/h3-13,18H,14-17,19H2,1-2H3/p+1. The van der Waals surface area contributed by atoms with Gasteiger partial charge in [0, 0.05) is 11.3 Å². The largest absolute Gasteiger partial charge is 0.360 e. The highest BCUT2D eigenvalue weighted by Gasteiger charge is 2.36. The SMILES string of the molecule is Cc1ccc(N=C2C(=O)N(C[NH+]3CCN(c4ccccc4)CC3)c3ccccc32)c(C)c1. The van der Waals surface area contributed by atoms with Crippen LogP contribution in [-0.4, -0.2) is 44.5 Å². The van der Waals surface area contributed by atoms with E-state index in [1.807, 2.05) is 48.2 Å². The van der Waals surface area contributed by atoms with Gasteiger partial charge < -0.3 is 9.80 Å². The number of hydrogen-bond acceptors (Lipinski definition) is 3. The molecule has 162 valence electrons. The van der Waals surface area contributed by atoms with Gasteiger partial charge in [0.15, 0.2) is 6.67 Å². The average molecular weight is 426 g/mol. The van der Waals surface area contributed by atoms with Crippen molar-refractivity contribution in [2.75, 3.05) is 42.6 Å². The molecule has 0 atom stereocenters. The van der Waals surface area contributed by atoms with Crippen molar-refractivity contribution in [2.45, 2.75) is 13.8 Å². The van der Waals surface area contributed by atoms with Gasteiger partial charge in [0.05, 0.1) is 37.6 Å². The number of hydrogen-bond donors (Lipinski definition) is 1. The van der Waals surface area contributed by atoms with E-state index >= 15 is 0 Å². The Balaban J connectivity index is 1.35. The molecule has 0 bridgehead atoms. The Morgan fingerprint density at radius 3 is 2.38 bits per heavy atom. The van der Waals surface area contributed by atoms with Crippen molar-refractivity contribution in [3.8, 4) is 0 Å². The van der Waals surface area contributed by atoms with Crippen LogP contribution in [0.3, 0.4) is 0 Å². The zero-order valence-corrected chi connectivity index (χ0v) is 18.7. The molecule has 0 saturated carbocycles. The number of para-hydroxylation sites is 2. The van der Waals surface area contributed by atoms with Crippen molar-refractivity contribution < 1.29 is 9.69 Å². The molecule has 5 heteroatoms. The summed E-state index contributed by atoms with van der Waals surface area (Å²) in [5, 5.41) is 0. The smallest absolute Gasteiger partial charge is 0.281 e. The quantitative estimate of drug-likeness (QED) is 0.698. The van der Waals surface area contributed by atoms with Gasteiger partial charge in [0.2, 0.25) is 0 Å². The van der Waals surface area contributed by atoms with Gasteiger partial charge in [-0.2, -0.15) is 0 Å². The molecule has 5 rings (SSSR count). The topological polar surface area (TPSA) is 40.4 Å². The number of aliphatic imine (C=N–C) groups is 1. The number of nitrogens with zero attached hydrogens (tertiary/aromatic N) is 3. The molecule has 0 spiro atoms. The molecular weight excluding hydrogens is 396 g/mol. The van der Waals surface area contributed by atoms with Gasteiger partial charge in [0.1, 0.15) is 5.71 Å². The molecule has 1 saturated heterocycles. The van der Waals surface area contributed by atoms with Gasteiger partial charge in [-0.1, -0.05) is 54.1 Å². The summed E-state index contributed by atoms with van der Waals surface area (Å²) in [5.41, 5.74) is 6.87. The third kappa shape index (κ3) is 3.92. The van der Waals surface area contributed by atoms with Crippen LogP contribution < -0.4 is 14.7 Å². The van der Waals surface area contributed by atoms with E-state index in [-0.39, 0.29) is 5.91 Å². The molecule has 0 aliphatic carbocycles. The summed E-state index contributed by atoms with van der Waals surface area (Å²) in [6, 6.07) is 24.8. The lowest BCUT2D eigenvalue weighted by Crippen LogP contribution is -3.16. The summed E-state index contributed by atoms with van der Waals surface area (Å²) >= 11 is 0. The van der Waals surface area contributed by atoms with E-state index in [0.717, 1.165) is 48.7 Å². The minimum absolute atomic E-state index is 0.00386. The number of rotatable bonds is 4. The Morgan fingerprint density at radius 1 is 0.906 bits per heavy atom.